The van der Waals surface area contributed by atoms with E-state index in [9.17, 15) is 9.59 Å². The molecular formula is C17H18N2O2S. The Morgan fingerprint density at radius 1 is 1.18 bits per heavy atom. The highest BCUT2D eigenvalue weighted by molar-refractivity contribution is 7.11. The van der Waals surface area contributed by atoms with Gasteiger partial charge < -0.3 is 5.32 Å². The Balaban J connectivity index is 1.56. The lowest BCUT2D eigenvalue weighted by molar-refractivity contribution is -0.125. The predicted molar refractivity (Wildman–Crippen MR) is 87.8 cm³/mol. The van der Waals surface area contributed by atoms with Crippen molar-refractivity contribution in [3.05, 3.63) is 51.7 Å². The zero-order valence-corrected chi connectivity index (χ0v) is 13.2. The third kappa shape index (κ3) is 3.54. The molecule has 0 unspecified atom stereocenters. The third-order valence-corrected chi connectivity index (χ3v) is 4.76. The molecule has 0 radical (unpaired) electrons. The Hall–Kier alpha value is -2.14. The summed E-state index contributed by atoms with van der Waals surface area (Å²) in [5.74, 6) is -0.541. The predicted octanol–water partition coefficient (Wildman–Crippen LogP) is 2.87. The van der Waals surface area contributed by atoms with Gasteiger partial charge in [0, 0.05) is 28.4 Å². The van der Waals surface area contributed by atoms with Crippen LogP contribution in [0.3, 0.4) is 0 Å². The molecule has 3 rings (SSSR count). The highest BCUT2D eigenvalue weighted by atomic mass is 32.1. The van der Waals surface area contributed by atoms with Crippen molar-refractivity contribution in [2.45, 2.75) is 26.3 Å². The molecule has 2 N–H and O–H groups in total. The minimum Gasteiger partial charge on any atom is -0.380 e. The summed E-state index contributed by atoms with van der Waals surface area (Å²) >= 11 is 1.79. The molecule has 1 aromatic carbocycles. The summed E-state index contributed by atoms with van der Waals surface area (Å²) in [5, 5.41) is 5.74. The van der Waals surface area contributed by atoms with Gasteiger partial charge >= 0.3 is 0 Å². The van der Waals surface area contributed by atoms with Gasteiger partial charge in [-0.3, -0.25) is 14.9 Å². The van der Waals surface area contributed by atoms with Gasteiger partial charge in [0.1, 0.15) is 0 Å². The Morgan fingerprint density at radius 3 is 2.55 bits per heavy atom. The highest BCUT2D eigenvalue weighted by Crippen LogP contribution is 2.20. The van der Waals surface area contributed by atoms with Crippen molar-refractivity contribution in [2.24, 2.45) is 5.92 Å². The van der Waals surface area contributed by atoms with Crippen molar-refractivity contribution in [1.29, 1.82) is 0 Å². The maximum Gasteiger partial charge on any atom is 0.230 e. The van der Waals surface area contributed by atoms with E-state index < -0.39 is 0 Å². The topological polar surface area (TPSA) is 58.2 Å². The number of hydrogen-bond donors (Lipinski definition) is 2. The van der Waals surface area contributed by atoms with E-state index >= 15 is 0 Å². The second-order valence-electron chi connectivity index (χ2n) is 5.58. The van der Waals surface area contributed by atoms with Crippen molar-refractivity contribution in [1.82, 2.24) is 5.32 Å². The smallest absolute Gasteiger partial charge is 0.230 e. The maximum atomic E-state index is 11.6. The Bertz CT molecular complexity index is 691. The van der Waals surface area contributed by atoms with Crippen LogP contribution in [-0.4, -0.2) is 11.8 Å². The lowest BCUT2D eigenvalue weighted by atomic mass is 9.98. The van der Waals surface area contributed by atoms with Crippen LogP contribution in [0.5, 0.6) is 0 Å². The van der Waals surface area contributed by atoms with Gasteiger partial charge in [0.15, 0.2) is 0 Å². The molecule has 1 aliphatic rings. The van der Waals surface area contributed by atoms with Crippen LogP contribution in [0.1, 0.15) is 21.7 Å². The van der Waals surface area contributed by atoms with Gasteiger partial charge in [-0.1, -0.05) is 12.1 Å². The fraction of sp³-hybridized carbons (Fsp3) is 0.294. The number of carbonyl (C=O) groups excluding carboxylic acids is 2. The van der Waals surface area contributed by atoms with Crippen molar-refractivity contribution in [3.63, 3.8) is 0 Å². The summed E-state index contributed by atoms with van der Waals surface area (Å²) in [6.07, 6.45) is 0.915. The fourth-order valence-corrected chi connectivity index (χ4v) is 3.41. The van der Waals surface area contributed by atoms with E-state index in [1.807, 2.05) is 24.3 Å². The molecule has 4 nitrogen and oxygen atoms in total. The minimum atomic E-state index is -0.222. The average molecular weight is 314 g/mol. The van der Waals surface area contributed by atoms with E-state index in [-0.39, 0.29) is 17.7 Å². The number of aryl methyl sites for hydroxylation is 1. The normalized spacial score (nSPS) is 17.6. The van der Waals surface area contributed by atoms with Crippen LogP contribution in [0, 0.1) is 12.8 Å². The van der Waals surface area contributed by atoms with Crippen LogP contribution in [0.2, 0.25) is 0 Å². The summed E-state index contributed by atoms with van der Waals surface area (Å²) in [5.41, 5.74) is 2.13. The summed E-state index contributed by atoms with van der Waals surface area (Å²) in [4.78, 5) is 25.4. The number of carbonyl (C=O) groups is 2. The lowest BCUT2D eigenvalue weighted by Gasteiger charge is -2.08. The quantitative estimate of drug-likeness (QED) is 0.834. The second-order valence-corrected chi connectivity index (χ2v) is 6.95. The Labute approximate surface area is 133 Å². The summed E-state index contributed by atoms with van der Waals surface area (Å²) in [7, 11) is 0. The molecule has 1 saturated heterocycles. The van der Waals surface area contributed by atoms with Gasteiger partial charge in [-0.05, 0) is 43.2 Å². The molecule has 2 aromatic rings. The minimum absolute atomic E-state index is 0.153. The van der Waals surface area contributed by atoms with Gasteiger partial charge in [-0.2, -0.15) is 0 Å². The van der Waals surface area contributed by atoms with Gasteiger partial charge in [0.2, 0.25) is 11.8 Å². The molecule has 1 aromatic heterocycles. The Kier molecular flexibility index (Phi) is 4.24. The molecule has 114 valence electrons. The van der Waals surface area contributed by atoms with Crippen molar-refractivity contribution < 1.29 is 9.59 Å². The van der Waals surface area contributed by atoms with Gasteiger partial charge in [-0.25, -0.2) is 0 Å². The fourth-order valence-electron chi connectivity index (χ4n) is 2.58. The zero-order chi connectivity index (χ0) is 15.5. The number of nitrogens with one attached hydrogen (secondary N) is 2. The second kappa shape index (κ2) is 6.32. The number of thiophene rings is 1. The first-order chi connectivity index (χ1) is 10.6. The standard InChI is InChI=1S/C17H18N2O2S/c1-11-2-7-15(22-11)10-18-14-5-3-12(4-6-14)8-13-9-16(20)19-17(13)21/h2-7,13,18H,8-10H2,1H3,(H,19,20,21)/t13-/m0/s1. The highest BCUT2D eigenvalue weighted by Gasteiger charge is 2.30. The largest absolute Gasteiger partial charge is 0.380 e. The molecule has 1 fully saturated rings. The number of amides is 2. The number of anilines is 1. The van der Waals surface area contributed by atoms with Gasteiger partial charge in [-0.15, -0.1) is 11.3 Å². The zero-order valence-electron chi connectivity index (χ0n) is 12.4. The molecule has 1 atom stereocenters. The molecule has 0 spiro atoms. The van der Waals surface area contributed by atoms with Gasteiger partial charge in [0.05, 0.1) is 5.92 Å². The van der Waals surface area contributed by atoms with E-state index in [1.54, 1.807) is 11.3 Å². The summed E-state index contributed by atoms with van der Waals surface area (Å²) in [6, 6.07) is 12.3. The monoisotopic (exact) mass is 314 g/mol. The van der Waals surface area contributed by atoms with Crippen molar-refractivity contribution in [2.75, 3.05) is 5.32 Å². The molecule has 5 heteroatoms. The van der Waals surface area contributed by atoms with E-state index in [4.69, 9.17) is 0 Å². The number of rotatable bonds is 5. The molecule has 0 aliphatic carbocycles. The summed E-state index contributed by atoms with van der Waals surface area (Å²) < 4.78 is 0. The summed E-state index contributed by atoms with van der Waals surface area (Å²) in [6.45, 7) is 2.92. The molecule has 2 heterocycles. The van der Waals surface area contributed by atoms with E-state index in [1.165, 1.54) is 9.75 Å². The number of hydrogen-bond acceptors (Lipinski definition) is 4. The van der Waals surface area contributed by atoms with E-state index in [2.05, 4.69) is 29.7 Å². The molecule has 0 bridgehead atoms. The van der Waals surface area contributed by atoms with Crippen LogP contribution in [-0.2, 0) is 22.6 Å². The Morgan fingerprint density at radius 2 is 1.95 bits per heavy atom. The van der Waals surface area contributed by atoms with E-state index in [0.29, 0.717) is 12.8 Å². The third-order valence-electron chi connectivity index (χ3n) is 3.76. The first-order valence-electron chi connectivity index (χ1n) is 7.32. The van der Waals surface area contributed by atoms with Crippen LogP contribution < -0.4 is 10.6 Å². The van der Waals surface area contributed by atoms with Crippen LogP contribution >= 0.6 is 11.3 Å². The first-order valence-corrected chi connectivity index (χ1v) is 8.13. The first kappa shape index (κ1) is 14.8. The van der Waals surface area contributed by atoms with Crippen molar-refractivity contribution in [3.8, 4) is 0 Å². The SMILES string of the molecule is Cc1ccc(CNc2ccc(C[C@H]3CC(=O)NC3=O)cc2)s1. The van der Waals surface area contributed by atoms with Crippen LogP contribution in [0.4, 0.5) is 5.69 Å². The lowest BCUT2D eigenvalue weighted by Crippen LogP contribution is -2.22. The van der Waals surface area contributed by atoms with Crippen molar-refractivity contribution >= 4 is 28.8 Å². The number of imide groups is 1. The molecule has 22 heavy (non-hydrogen) atoms. The van der Waals surface area contributed by atoms with Gasteiger partial charge in [0.25, 0.3) is 0 Å². The maximum absolute atomic E-state index is 11.6. The average Bonchev–Trinajstić information content (AvgIpc) is 3.04. The van der Waals surface area contributed by atoms with Crippen LogP contribution in [0.25, 0.3) is 0 Å². The molecular weight excluding hydrogens is 296 g/mol. The molecule has 2 amide bonds. The molecule has 1 aliphatic heterocycles. The van der Waals surface area contributed by atoms with E-state index in [0.717, 1.165) is 17.8 Å². The number of benzene rings is 1. The van der Waals surface area contributed by atoms with Crippen LogP contribution in [0.15, 0.2) is 36.4 Å². The molecule has 0 saturated carbocycles.